The Hall–Kier alpha value is -1.91. The zero-order valence-electron chi connectivity index (χ0n) is 13.1. The minimum Gasteiger partial charge on any atom is -0.395 e. The van der Waals surface area contributed by atoms with E-state index >= 15 is 0 Å². The third kappa shape index (κ3) is 4.29. The van der Waals surface area contributed by atoms with Crippen LogP contribution in [0.15, 0.2) is 48.5 Å². The van der Waals surface area contributed by atoms with Gasteiger partial charge in [0.2, 0.25) is 0 Å². The molecule has 2 aromatic rings. The standard InChI is InChI=1S/C18H23FN2O/c1-14(16-6-4-3-5-7-16)20-13-15-8-9-17(19)18(12-15)21(2)10-11-22/h3-9,12,14,20,22H,10-11,13H2,1-2H3. The lowest BCUT2D eigenvalue weighted by Crippen LogP contribution is -2.23. The monoisotopic (exact) mass is 302 g/mol. The number of hydrogen-bond acceptors (Lipinski definition) is 3. The van der Waals surface area contributed by atoms with Gasteiger partial charge < -0.3 is 15.3 Å². The zero-order valence-corrected chi connectivity index (χ0v) is 13.1. The van der Waals surface area contributed by atoms with Crippen molar-refractivity contribution in [3.8, 4) is 0 Å². The van der Waals surface area contributed by atoms with E-state index in [0.717, 1.165) is 5.56 Å². The van der Waals surface area contributed by atoms with Crippen molar-refractivity contribution in [3.05, 3.63) is 65.5 Å². The molecular formula is C18H23FN2O. The Morgan fingerprint density at radius 1 is 1.18 bits per heavy atom. The van der Waals surface area contributed by atoms with Crippen LogP contribution in [0, 0.1) is 5.82 Å². The van der Waals surface area contributed by atoms with Gasteiger partial charge in [0.1, 0.15) is 5.82 Å². The van der Waals surface area contributed by atoms with Crippen LogP contribution in [-0.4, -0.2) is 25.3 Å². The lowest BCUT2D eigenvalue weighted by molar-refractivity contribution is 0.303. The average molecular weight is 302 g/mol. The summed E-state index contributed by atoms with van der Waals surface area (Å²) in [5, 5.41) is 12.4. The summed E-state index contributed by atoms with van der Waals surface area (Å²) in [6.45, 7) is 3.19. The third-order valence-corrected chi connectivity index (χ3v) is 3.77. The summed E-state index contributed by atoms with van der Waals surface area (Å²) in [4.78, 5) is 1.72. The van der Waals surface area contributed by atoms with Gasteiger partial charge in [0, 0.05) is 26.2 Å². The first-order valence-corrected chi connectivity index (χ1v) is 7.50. The van der Waals surface area contributed by atoms with Crippen LogP contribution in [0.2, 0.25) is 0 Å². The lowest BCUT2D eigenvalue weighted by Gasteiger charge is -2.20. The van der Waals surface area contributed by atoms with Gasteiger partial charge in [-0.05, 0) is 30.2 Å². The highest BCUT2D eigenvalue weighted by atomic mass is 19.1. The van der Waals surface area contributed by atoms with Crippen molar-refractivity contribution in [1.82, 2.24) is 5.32 Å². The van der Waals surface area contributed by atoms with Gasteiger partial charge in [0.05, 0.1) is 12.3 Å². The van der Waals surface area contributed by atoms with E-state index in [0.29, 0.717) is 18.8 Å². The number of halogens is 1. The van der Waals surface area contributed by atoms with Crippen LogP contribution < -0.4 is 10.2 Å². The van der Waals surface area contributed by atoms with Crippen molar-refractivity contribution in [2.45, 2.75) is 19.5 Å². The van der Waals surface area contributed by atoms with Crippen molar-refractivity contribution in [2.24, 2.45) is 0 Å². The van der Waals surface area contributed by atoms with Crippen LogP contribution >= 0.6 is 0 Å². The van der Waals surface area contributed by atoms with Crippen LogP contribution in [0.1, 0.15) is 24.1 Å². The first-order chi connectivity index (χ1) is 10.6. The molecular weight excluding hydrogens is 279 g/mol. The maximum Gasteiger partial charge on any atom is 0.146 e. The first kappa shape index (κ1) is 16.5. The molecule has 1 unspecified atom stereocenters. The average Bonchev–Trinajstić information content (AvgIpc) is 2.54. The van der Waals surface area contributed by atoms with Crippen LogP contribution in [0.5, 0.6) is 0 Å². The number of hydrogen-bond donors (Lipinski definition) is 2. The number of benzene rings is 2. The summed E-state index contributed by atoms with van der Waals surface area (Å²) in [6, 6.07) is 15.5. The van der Waals surface area contributed by atoms with E-state index in [2.05, 4.69) is 24.4 Å². The predicted octanol–water partition coefficient (Wildman–Crippen LogP) is 3.11. The molecule has 0 fully saturated rings. The van der Waals surface area contributed by atoms with Crippen molar-refractivity contribution < 1.29 is 9.50 Å². The summed E-state index contributed by atoms with van der Waals surface area (Å²) in [5.41, 5.74) is 2.76. The molecule has 2 N–H and O–H groups in total. The smallest absolute Gasteiger partial charge is 0.146 e. The summed E-state index contributed by atoms with van der Waals surface area (Å²) >= 11 is 0. The van der Waals surface area contributed by atoms with Gasteiger partial charge in [-0.1, -0.05) is 36.4 Å². The zero-order chi connectivity index (χ0) is 15.9. The number of anilines is 1. The van der Waals surface area contributed by atoms with Gasteiger partial charge in [0.25, 0.3) is 0 Å². The van der Waals surface area contributed by atoms with E-state index in [1.165, 1.54) is 11.6 Å². The maximum absolute atomic E-state index is 13.9. The quantitative estimate of drug-likeness (QED) is 0.825. The van der Waals surface area contributed by atoms with Crippen molar-refractivity contribution >= 4 is 5.69 Å². The molecule has 0 radical (unpaired) electrons. The highest BCUT2D eigenvalue weighted by Gasteiger charge is 2.09. The van der Waals surface area contributed by atoms with E-state index in [1.807, 2.05) is 24.3 Å². The molecule has 0 heterocycles. The molecule has 0 amide bonds. The summed E-state index contributed by atoms with van der Waals surface area (Å²) in [5.74, 6) is -0.268. The lowest BCUT2D eigenvalue weighted by atomic mass is 10.1. The Morgan fingerprint density at radius 3 is 2.59 bits per heavy atom. The Morgan fingerprint density at radius 2 is 1.91 bits per heavy atom. The molecule has 118 valence electrons. The minimum absolute atomic E-state index is 0.00343. The topological polar surface area (TPSA) is 35.5 Å². The molecule has 0 saturated heterocycles. The highest BCUT2D eigenvalue weighted by Crippen LogP contribution is 2.20. The molecule has 0 bridgehead atoms. The van der Waals surface area contributed by atoms with Crippen LogP contribution in [0.25, 0.3) is 0 Å². The van der Waals surface area contributed by atoms with Crippen LogP contribution in [0.4, 0.5) is 10.1 Å². The Balaban J connectivity index is 2.02. The fourth-order valence-electron chi connectivity index (χ4n) is 2.36. The molecule has 0 aliphatic heterocycles. The summed E-state index contributed by atoms with van der Waals surface area (Å²) < 4.78 is 13.9. The number of nitrogens with zero attached hydrogens (tertiary/aromatic N) is 1. The minimum atomic E-state index is -0.268. The second-order valence-corrected chi connectivity index (χ2v) is 5.44. The van der Waals surface area contributed by atoms with Gasteiger partial charge in [-0.15, -0.1) is 0 Å². The van der Waals surface area contributed by atoms with Gasteiger partial charge in [-0.25, -0.2) is 4.39 Å². The molecule has 22 heavy (non-hydrogen) atoms. The molecule has 0 spiro atoms. The first-order valence-electron chi connectivity index (χ1n) is 7.50. The Bertz CT molecular complexity index is 589. The van der Waals surface area contributed by atoms with E-state index < -0.39 is 0 Å². The maximum atomic E-state index is 13.9. The second kappa shape index (κ2) is 7.92. The molecule has 4 heteroatoms. The predicted molar refractivity (Wildman–Crippen MR) is 88.5 cm³/mol. The number of likely N-dealkylation sites (N-methyl/N-ethyl adjacent to an activating group) is 1. The molecule has 0 aliphatic carbocycles. The number of nitrogens with one attached hydrogen (secondary N) is 1. The molecule has 0 saturated carbocycles. The summed E-state index contributed by atoms with van der Waals surface area (Å²) in [7, 11) is 1.78. The van der Waals surface area contributed by atoms with Gasteiger partial charge in [-0.2, -0.15) is 0 Å². The normalized spacial score (nSPS) is 12.2. The fourth-order valence-corrected chi connectivity index (χ4v) is 2.36. The Labute approximate surface area is 131 Å². The van der Waals surface area contributed by atoms with Crippen molar-refractivity contribution in [3.63, 3.8) is 0 Å². The summed E-state index contributed by atoms with van der Waals surface area (Å²) in [6.07, 6.45) is 0. The highest BCUT2D eigenvalue weighted by molar-refractivity contribution is 5.49. The van der Waals surface area contributed by atoms with Crippen molar-refractivity contribution in [2.75, 3.05) is 25.1 Å². The van der Waals surface area contributed by atoms with Crippen LogP contribution in [0.3, 0.4) is 0 Å². The van der Waals surface area contributed by atoms with Gasteiger partial charge in [0.15, 0.2) is 0 Å². The molecule has 2 rings (SSSR count). The van der Waals surface area contributed by atoms with Gasteiger partial charge in [-0.3, -0.25) is 0 Å². The SMILES string of the molecule is CC(NCc1ccc(F)c(N(C)CCO)c1)c1ccccc1. The van der Waals surface area contributed by atoms with E-state index in [4.69, 9.17) is 5.11 Å². The molecule has 0 aliphatic rings. The molecule has 0 aromatic heterocycles. The molecule has 1 atom stereocenters. The molecule has 3 nitrogen and oxygen atoms in total. The Kier molecular flexibility index (Phi) is 5.92. The van der Waals surface area contributed by atoms with E-state index in [9.17, 15) is 4.39 Å². The second-order valence-electron chi connectivity index (χ2n) is 5.44. The molecule has 2 aromatic carbocycles. The number of aliphatic hydroxyl groups is 1. The fraction of sp³-hybridized carbons (Fsp3) is 0.333. The van der Waals surface area contributed by atoms with E-state index in [-0.39, 0.29) is 18.5 Å². The third-order valence-electron chi connectivity index (χ3n) is 3.77. The number of rotatable bonds is 7. The van der Waals surface area contributed by atoms with E-state index in [1.54, 1.807) is 18.0 Å². The van der Waals surface area contributed by atoms with Crippen LogP contribution in [-0.2, 0) is 6.54 Å². The van der Waals surface area contributed by atoms with Crippen molar-refractivity contribution in [1.29, 1.82) is 0 Å². The van der Waals surface area contributed by atoms with Gasteiger partial charge >= 0.3 is 0 Å². The number of aliphatic hydroxyl groups excluding tert-OH is 1. The largest absolute Gasteiger partial charge is 0.395 e.